The maximum absolute atomic E-state index is 12.4. The molecule has 3 amide bonds. The molecule has 8 heteroatoms. The number of nitrogens with zero attached hydrogens (tertiary/aromatic N) is 1. The molecule has 3 rings (SSSR count). The molecule has 2 aliphatic heterocycles. The summed E-state index contributed by atoms with van der Waals surface area (Å²) in [7, 11) is 0. The van der Waals surface area contributed by atoms with Crippen molar-refractivity contribution in [3.05, 3.63) is 33.7 Å². The molecule has 0 unspecified atom stereocenters. The summed E-state index contributed by atoms with van der Waals surface area (Å²) in [6, 6.07) is 2.81. The Hall–Kier alpha value is -2.35. The third-order valence-corrected chi connectivity index (χ3v) is 4.64. The van der Waals surface area contributed by atoms with Gasteiger partial charge in [0.05, 0.1) is 17.3 Å². The zero-order chi connectivity index (χ0) is 16.4. The second-order valence-electron chi connectivity index (χ2n) is 5.27. The molecule has 0 aliphatic carbocycles. The minimum absolute atomic E-state index is 0.0184. The minimum atomic E-state index is -0.512. The Kier molecular flexibility index (Phi) is 4.33. The third kappa shape index (κ3) is 2.94. The predicted molar refractivity (Wildman–Crippen MR) is 83.6 cm³/mol. The molecule has 0 saturated heterocycles. The average Bonchev–Trinajstić information content (AvgIpc) is 3.18. The number of urea groups is 1. The lowest BCUT2D eigenvalue weighted by atomic mass is 10.0. The maximum Gasteiger partial charge on any atom is 0.338 e. The van der Waals surface area contributed by atoms with Crippen molar-refractivity contribution in [1.82, 2.24) is 15.5 Å². The molecule has 2 N–H and O–H groups in total. The quantitative estimate of drug-likeness (QED) is 0.790. The van der Waals surface area contributed by atoms with Crippen LogP contribution in [0.5, 0.6) is 0 Å². The summed E-state index contributed by atoms with van der Waals surface area (Å²) >= 11 is 1.45. The van der Waals surface area contributed by atoms with Crippen LogP contribution in [-0.2, 0) is 14.3 Å². The number of thiophene rings is 1. The molecule has 122 valence electrons. The van der Waals surface area contributed by atoms with Gasteiger partial charge < -0.3 is 15.4 Å². The standard InChI is InChI=1S/C15H17N3O4S/c1-2-5-16-11(19)7-18-9-8-22-14(20)12(9)13(17-15(18)21)10-4-3-6-23-10/h3-4,6,13H,2,5,7-8H2,1H3,(H,16,19)(H,17,21)/t13-/m1/s1. The van der Waals surface area contributed by atoms with Crippen molar-refractivity contribution in [3.63, 3.8) is 0 Å². The Morgan fingerprint density at radius 2 is 2.35 bits per heavy atom. The lowest BCUT2D eigenvalue weighted by Gasteiger charge is -2.31. The number of nitrogens with one attached hydrogen (secondary N) is 2. The summed E-state index contributed by atoms with van der Waals surface area (Å²) in [5.74, 6) is -0.708. The fourth-order valence-corrected chi connectivity index (χ4v) is 3.40. The second kappa shape index (κ2) is 6.41. The Labute approximate surface area is 137 Å². The first-order valence-electron chi connectivity index (χ1n) is 7.40. The van der Waals surface area contributed by atoms with Gasteiger partial charge in [-0.3, -0.25) is 9.69 Å². The lowest BCUT2D eigenvalue weighted by molar-refractivity contribution is -0.136. The van der Waals surface area contributed by atoms with Crippen molar-refractivity contribution in [1.29, 1.82) is 0 Å². The van der Waals surface area contributed by atoms with Crippen LogP contribution in [0.25, 0.3) is 0 Å². The molecule has 0 fully saturated rings. The molecule has 0 bridgehead atoms. The topological polar surface area (TPSA) is 87.7 Å². The van der Waals surface area contributed by atoms with Crippen LogP contribution in [0.3, 0.4) is 0 Å². The molecular formula is C15H17N3O4S. The number of carbonyl (C=O) groups excluding carboxylic acids is 3. The lowest BCUT2D eigenvalue weighted by Crippen LogP contribution is -2.50. The van der Waals surface area contributed by atoms with Gasteiger partial charge in [0.25, 0.3) is 0 Å². The molecule has 1 aromatic heterocycles. The largest absolute Gasteiger partial charge is 0.456 e. The Morgan fingerprint density at radius 3 is 3.04 bits per heavy atom. The molecule has 0 radical (unpaired) electrons. The molecule has 2 aliphatic rings. The number of hydrogen-bond donors (Lipinski definition) is 2. The van der Waals surface area contributed by atoms with E-state index in [1.54, 1.807) is 0 Å². The SMILES string of the molecule is CCCNC(=O)CN1C(=O)N[C@H](c2cccs2)C2=C1COC2=O. The van der Waals surface area contributed by atoms with Crippen LogP contribution in [0.4, 0.5) is 4.79 Å². The van der Waals surface area contributed by atoms with E-state index in [0.29, 0.717) is 17.8 Å². The number of rotatable bonds is 5. The van der Waals surface area contributed by atoms with Gasteiger partial charge in [-0.2, -0.15) is 0 Å². The molecule has 0 saturated carbocycles. The van der Waals surface area contributed by atoms with Gasteiger partial charge in [0, 0.05) is 11.4 Å². The van der Waals surface area contributed by atoms with E-state index in [-0.39, 0.29) is 19.1 Å². The van der Waals surface area contributed by atoms with Gasteiger partial charge >= 0.3 is 12.0 Å². The van der Waals surface area contributed by atoms with Gasteiger partial charge in [-0.15, -0.1) is 11.3 Å². The first kappa shape index (κ1) is 15.5. The smallest absolute Gasteiger partial charge is 0.338 e. The van der Waals surface area contributed by atoms with Crippen molar-refractivity contribution in [3.8, 4) is 0 Å². The second-order valence-corrected chi connectivity index (χ2v) is 6.25. The fourth-order valence-electron chi connectivity index (χ4n) is 2.61. The van der Waals surface area contributed by atoms with Gasteiger partial charge in [0.15, 0.2) is 0 Å². The number of esters is 1. The summed E-state index contributed by atoms with van der Waals surface area (Å²) in [5, 5.41) is 7.40. The fraction of sp³-hybridized carbons (Fsp3) is 0.400. The van der Waals surface area contributed by atoms with E-state index in [1.165, 1.54) is 16.2 Å². The van der Waals surface area contributed by atoms with Crippen molar-refractivity contribution in [2.24, 2.45) is 0 Å². The zero-order valence-corrected chi connectivity index (χ0v) is 13.4. The van der Waals surface area contributed by atoms with Crippen molar-refractivity contribution < 1.29 is 19.1 Å². The minimum Gasteiger partial charge on any atom is -0.456 e. The summed E-state index contributed by atoms with van der Waals surface area (Å²) in [4.78, 5) is 38.5. The number of ether oxygens (including phenoxy) is 1. The van der Waals surface area contributed by atoms with E-state index < -0.39 is 18.0 Å². The molecule has 3 heterocycles. The molecule has 23 heavy (non-hydrogen) atoms. The van der Waals surface area contributed by atoms with Gasteiger partial charge in [-0.1, -0.05) is 13.0 Å². The summed E-state index contributed by atoms with van der Waals surface area (Å²) in [6.45, 7) is 2.39. The van der Waals surface area contributed by atoms with Crippen molar-refractivity contribution in [2.75, 3.05) is 19.7 Å². The average molecular weight is 335 g/mol. The van der Waals surface area contributed by atoms with Crippen LogP contribution in [0.2, 0.25) is 0 Å². The van der Waals surface area contributed by atoms with E-state index in [1.807, 2.05) is 24.4 Å². The summed E-state index contributed by atoms with van der Waals surface area (Å²) in [6.07, 6.45) is 0.813. The van der Waals surface area contributed by atoms with Crippen molar-refractivity contribution >= 4 is 29.2 Å². The van der Waals surface area contributed by atoms with Gasteiger partial charge in [0.1, 0.15) is 13.2 Å². The maximum atomic E-state index is 12.4. The molecule has 1 aromatic rings. The van der Waals surface area contributed by atoms with E-state index >= 15 is 0 Å². The number of hydrogen-bond acceptors (Lipinski definition) is 5. The molecule has 1 atom stereocenters. The molecule has 7 nitrogen and oxygen atoms in total. The molecular weight excluding hydrogens is 318 g/mol. The summed E-state index contributed by atoms with van der Waals surface area (Å²) in [5.41, 5.74) is 0.888. The summed E-state index contributed by atoms with van der Waals surface area (Å²) < 4.78 is 5.10. The van der Waals surface area contributed by atoms with E-state index in [4.69, 9.17) is 4.74 Å². The number of carbonyl (C=O) groups is 3. The van der Waals surface area contributed by atoms with E-state index in [9.17, 15) is 14.4 Å². The van der Waals surface area contributed by atoms with Gasteiger partial charge in [-0.05, 0) is 17.9 Å². The van der Waals surface area contributed by atoms with Crippen LogP contribution in [0.15, 0.2) is 28.8 Å². The van der Waals surface area contributed by atoms with Crippen LogP contribution in [-0.4, -0.2) is 42.5 Å². The first-order valence-corrected chi connectivity index (χ1v) is 8.28. The van der Waals surface area contributed by atoms with Crippen LogP contribution >= 0.6 is 11.3 Å². The monoisotopic (exact) mass is 335 g/mol. The first-order chi connectivity index (χ1) is 11.1. The Morgan fingerprint density at radius 1 is 1.52 bits per heavy atom. The highest BCUT2D eigenvalue weighted by Crippen LogP contribution is 2.36. The van der Waals surface area contributed by atoms with Gasteiger partial charge in [-0.25, -0.2) is 9.59 Å². The van der Waals surface area contributed by atoms with E-state index in [2.05, 4.69) is 10.6 Å². The Balaban J connectivity index is 1.88. The highest BCUT2D eigenvalue weighted by molar-refractivity contribution is 7.10. The van der Waals surface area contributed by atoms with Crippen molar-refractivity contribution in [2.45, 2.75) is 19.4 Å². The highest BCUT2D eigenvalue weighted by atomic mass is 32.1. The van der Waals surface area contributed by atoms with Crippen LogP contribution < -0.4 is 10.6 Å². The van der Waals surface area contributed by atoms with E-state index in [0.717, 1.165) is 11.3 Å². The molecule has 0 aromatic carbocycles. The normalized spacial score (nSPS) is 20.2. The van der Waals surface area contributed by atoms with Gasteiger partial charge in [0.2, 0.25) is 5.91 Å². The number of cyclic esters (lactones) is 1. The number of amides is 3. The Bertz CT molecular complexity index is 668. The molecule has 0 spiro atoms. The third-order valence-electron chi connectivity index (χ3n) is 3.70. The predicted octanol–water partition coefficient (Wildman–Crippen LogP) is 1.15. The zero-order valence-electron chi connectivity index (χ0n) is 12.6. The highest BCUT2D eigenvalue weighted by Gasteiger charge is 2.42. The van der Waals surface area contributed by atoms with Crippen LogP contribution in [0.1, 0.15) is 24.3 Å². The van der Waals surface area contributed by atoms with Crippen LogP contribution in [0, 0.1) is 0 Å².